The Labute approximate surface area is 125 Å². The maximum absolute atomic E-state index is 8.86. The molecule has 1 heterocycles. The largest absolute Gasteiger partial charge is 1.00 e. The number of unbranched alkanes of at least 4 members (excludes halogenated alkanes) is 2. The van der Waals surface area contributed by atoms with Gasteiger partial charge in [-0.2, -0.15) is 0 Å². The SMILES string of the molecule is CCCCn1c[n+](CCCCO)c2ccccc21.[Br-]. The topological polar surface area (TPSA) is 29.0 Å². The first-order valence-electron chi connectivity index (χ1n) is 6.95. The molecule has 1 aromatic carbocycles. The number of imidazole rings is 1. The Morgan fingerprint density at radius 2 is 1.95 bits per heavy atom. The molecule has 1 N–H and O–H groups in total. The van der Waals surface area contributed by atoms with Gasteiger partial charge >= 0.3 is 0 Å². The lowest BCUT2D eigenvalue weighted by atomic mass is 10.3. The zero-order valence-electron chi connectivity index (χ0n) is 11.6. The fourth-order valence-electron chi connectivity index (χ4n) is 2.32. The molecular weight excluding hydrogens is 304 g/mol. The molecule has 3 nitrogen and oxygen atoms in total. The normalized spacial score (nSPS) is 10.6. The Kier molecular flexibility index (Phi) is 7.10. The molecule has 0 fully saturated rings. The highest BCUT2D eigenvalue weighted by Crippen LogP contribution is 2.12. The van der Waals surface area contributed by atoms with Crippen LogP contribution in [0.3, 0.4) is 0 Å². The van der Waals surface area contributed by atoms with Gasteiger partial charge in [0.25, 0.3) is 0 Å². The van der Waals surface area contributed by atoms with Gasteiger partial charge < -0.3 is 22.1 Å². The maximum atomic E-state index is 8.86. The first-order chi connectivity index (χ1) is 8.86. The van der Waals surface area contributed by atoms with Crippen molar-refractivity contribution in [3.05, 3.63) is 30.6 Å². The van der Waals surface area contributed by atoms with Crippen LogP contribution in [-0.2, 0) is 13.1 Å². The number of nitrogens with zero attached hydrogens (tertiary/aromatic N) is 2. The van der Waals surface area contributed by atoms with Gasteiger partial charge in [-0.25, -0.2) is 9.13 Å². The van der Waals surface area contributed by atoms with E-state index in [2.05, 4.69) is 46.7 Å². The van der Waals surface area contributed by atoms with Crippen molar-refractivity contribution in [1.29, 1.82) is 0 Å². The maximum Gasteiger partial charge on any atom is 0.244 e. The van der Waals surface area contributed by atoms with Crippen molar-refractivity contribution in [3.8, 4) is 0 Å². The summed E-state index contributed by atoms with van der Waals surface area (Å²) in [6, 6.07) is 8.56. The summed E-state index contributed by atoms with van der Waals surface area (Å²) in [6.07, 6.45) is 6.56. The van der Waals surface area contributed by atoms with Crippen LogP contribution in [0, 0.1) is 0 Å². The summed E-state index contributed by atoms with van der Waals surface area (Å²) < 4.78 is 4.65. The molecule has 19 heavy (non-hydrogen) atoms. The van der Waals surface area contributed by atoms with Gasteiger partial charge in [0.2, 0.25) is 6.33 Å². The molecule has 0 aliphatic rings. The number of aliphatic hydroxyl groups excluding tert-OH is 1. The van der Waals surface area contributed by atoms with E-state index in [0.29, 0.717) is 0 Å². The van der Waals surface area contributed by atoms with Crippen LogP contribution in [-0.4, -0.2) is 16.3 Å². The highest BCUT2D eigenvalue weighted by molar-refractivity contribution is 5.71. The molecule has 2 rings (SSSR count). The molecule has 0 aliphatic heterocycles. The molecule has 0 atom stereocenters. The van der Waals surface area contributed by atoms with Crippen LogP contribution in [0.1, 0.15) is 32.6 Å². The minimum Gasteiger partial charge on any atom is -1.00 e. The summed E-state index contributed by atoms with van der Waals surface area (Å²) in [5, 5.41) is 8.86. The van der Waals surface area contributed by atoms with E-state index in [1.807, 2.05) is 0 Å². The fraction of sp³-hybridized carbons (Fsp3) is 0.533. The van der Waals surface area contributed by atoms with E-state index in [1.54, 1.807) is 0 Å². The third kappa shape index (κ3) is 4.05. The van der Waals surface area contributed by atoms with Crippen molar-refractivity contribution in [2.75, 3.05) is 6.61 Å². The number of halogens is 1. The number of hydrogen-bond donors (Lipinski definition) is 1. The number of benzene rings is 1. The zero-order valence-corrected chi connectivity index (χ0v) is 13.1. The smallest absolute Gasteiger partial charge is 0.244 e. The summed E-state index contributed by atoms with van der Waals surface area (Å²) in [5.41, 5.74) is 2.61. The van der Waals surface area contributed by atoms with Gasteiger partial charge in [0.1, 0.15) is 0 Å². The lowest BCUT2D eigenvalue weighted by molar-refractivity contribution is -0.672. The van der Waals surface area contributed by atoms with Crippen LogP contribution in [0.25, 0.3) is 11.0 Å². The molecule has 0 saturated carbocycles. The highest BCUT2D eigenvalue weighted by Gasteiger charge is 2.13. The predicted molar refractivity (Wildman–Crippen MR) is 73.4 cm³/mol. The van der Waals surface area contributed by atoms with Gasteiger partial charge in [0.15, 0.2) is 11.0 Å². The van der Waals surface area contributed by atoms with Crippen molar-refractivity contribution in [1.82, 2.24) is 4.57 Å². The van der Waals surface area contributed by atoms with Crippen molar-refractivity contribution in [2.45, 2.75) is 45.7 Å². The van der Waals surface area contributed by atoms with Crippen LogP contribution in [0.2, 0.25) is 0 Å². The van der Waals surface area contributed by atoms with E-state index in [-0.39, 0.29) is 23.6 Å². The molecule has 0 amide bonds. The number of aromatic nitrogens is 2. The lowest BCUT2D eigenvalue weighted by Crippen LogP contribution is -3.00. The minimum atomic E-state index is 0. The minimum absolute atomic E-state index is 0. The highest BCUT2D eigenvalue weighted by atomic mass is 79.9. The van der Waals surface area contributed by atoms with E-state index in [0.717, 1.165) is 25.9 Å². The van der Waals surface area contributed by atoms with E-state index >= 15 is 0 Å². The number of para-hydroxylation sites is 2. The van der Waals surface area contributed by atoms with Gasteiger partial charge in [-0.3, -0.25) is 0 Å². The van der Waals surface area contributed by atoms with Gasteiger partial charge in [-0.15, -0.1) is 0 Å². The van der Waals surface area contributed by atoms with Gasteiger partial charge in [0, 0.05) is 6.61 Å². The van der Waals surface area contributed by atoms with E-state index < -0.39 is 0 Å². The van der Waals surface area contributed by atoms with Crippen molar-refractivity contribution < 1.29 is 26.7 Å². The molecule has 0 radical (unpaired) electrons. The summed E-state index contributed by atoms with van der Waals surface area (Å²) in [4.78, 5) is 0. The molecule has 4 heteroatoms. The van der Waals surface area contributed by atoms with Gasteiger partial charge in [-0.05, 0) is 31.4 Å². The Balaban J connectivity index is 0.00000180. The summed E-state index contributed by atoms with van der Waals surface area (Å²) in [5.74, 6) is 0. The van der Waals surface area contributed by atoms with Gasteiger partial charge in [0.05, 0.1) is 13.1 Å². The second kappa shape index (κ2) is 8.33. The Morgan fingerprint density at radius 3 is 2.68 bits per heavy atom. The van der Waals surface area contributed by atoms with Gasteiger partial charge in [-0.1, -0.05) is 25.5 Å². The first kappa shape index (κ1) is 16.2. The molecular formula is C15H23BrN2O. The lowest BCUT2D eigenvalue weighted by Gasteiger charge is -1.96. The Morgan fingerprint density at radius 1 is 1.16 bits per heavy atom. The monoisotopic (exact) mass is 326 g/mol. The number of aliphatic hydroxyl groups is 1. The third-order valence-corrected chi connectivity index (χ3v) is 3.34. The number of aryl methyl sites for hydroxylation is 2. The first-order valence-corrected chi connectivity index (χ1v) is 6.95. The molecule has 2 aromatic rings. The molecule has 1 aromatic heterocycles. The molecule has 0 saturated heterocycles. The Bertz CT molecular complexity index is 496. The summed E-state index contributed by atoms with van der Waals surface area (Å²) in [7, 11) is 0. The Hall–Kier alpha value is -0.870. The fourth-order valence-corrected chi connectivity index (χ4v) is 2.32. The number of hydrogen-bond acceptors (Lipinski definition) is 1. The number of rotatable bonds is 7. The quantitative estimate of drug-likeness (QED) is 0.539. The predicted octanol–water partition coefficient (Wildman–Crippen LogP) is -0.495. The molecule has 106 valence electrons. The van der Waals surface area contributed by atoms with Crippen LogP contribution in [0.15, 0.2) is 30.6 Å². The summed E-state index contributed by atoms with van der Waals surface area (Å²) >= 11 is 0. The van der Waals surface area contributed by atoms with Crippen LogP contribution < -0.4 is 21.5 Å². The average Bonchev–Trinajstić information content (AvgIpc) is 2.76. The van der Waals surface area contributed by atoms with Crippen molar-refractivity contribution in [3.63, 3.8) is 0 Å². The zero-order chi connectivity index (χ0) is 12.8. The van der Waals surface area contributed by atoms with Crippen molar-refractivity contribution >= 4 is 11.0 Å². The second-order valence-corrected chi connectivity index (χ2v) is 4.78. The van der Waals surface area contributed by atoms with Crippen LogP contribution >= 0.6 is 0 Å². The molecule has 0 bridgehead atoms. The second-order valence-electron chi connectivity index (χ2n) is 4.78. The standard InChI is InChI=1S/C15H23N2O.BrH/c1-2-3-10-16-13-17(11-6-7-12-18)15-9-5-4-8-14(15)16;/h4-5,8-9,13,18H,2-3,6-7,10-12H2,1H3;1H/q+1;/p-1. The number of fused-ring (bicyclic) bond motifs is 1. The third-order valence-electron chi connectivity index (χ3n) is 3.34. The molecule has 0 unspecified atom stereocenters. The van der Waals surface area contributed by atoms with Crippen LogP contribution in [0.5, 0.6) is 0 Å². The summed E-state index contributed by atoms with van der Waals surface area (Å²) in [6.45, 7) is 4.58. The van der Waals surface area contributed by atoms with Crippen LogP contribution in [0.4, 0.5) is 0 Å². The van der Waals surface area contributed by atoms with E-state index in [1.165, 1.54) is 23.9 Å². The van der Waals surface area contributed by atoms with E-state index in [9.17, 15) is 0 Å². The van der Waals surface area contributed by atoms with E-state index in [4.69, 9.17) is 5.11 Å². The van der Waals surface area contributed by atoms with Crippen molar-refractivity contribution in [2.24, 2.45) is 0 Å². The molecule has 0 aliphatic carbocycles. The molecule has 0 spiro atoms. The average molecular weight is 327 g/mol.